The Labute approximate surface area is 168 Å². The van der Waals surface area contributed by atoms with Gasteiger partial charge >= 0.3 is 5.97 Å². The molecule has 4 N–H and O–H groups in total. The van der Waals surface area contributed by atoms with Crippen molar-refractivity contribution in [2.24, 2.45) is 10.2 Å². The number of carbonyl (C=O) groups excluding carboxylic acids is 1. The molecule has 29 heavy (non-hydrogen) atoms. The Hall–Kier alpha value is -3.07. The number of aliphatic hydroxyl groups excluding tert-OH is 3. The van der Waals surface area contributed by atoms with Crippen LogP contribution in [-0.2, 0) is 36.0 Å². The second-order valence-electron chi connectivity index (χ2n) is 6.57. The van der Waals surface area contributed by atoms with Gasteiger partial charge in [0.05, 0.1) is 25.5 Å². The summed E-state index contributed by atoms with van der Waals surface area (Å²) in [5.41, 5.74) is 3.21. The molecule has 0 aliphatic carbocycles. The minimum atomic E-state index is -0.564. The third kappa shape index (κ3) is 5.47. The van der Waals surface area contributed by atoms with E-state index >= 15 is 0 Å². The number of nitrogens with zero attached hydrogens (tertiary/aromatic N) is 2. The normalized spacial score (nSPS) is 11.1. The number of hydrogen-bond donors (Lipinski definition) is 4. The number of carbonyl (C=O) groups is 1. The summed E-state index contributed by atoms with van der Waals surface area (Å²) < 4.78 is 5.08. The van der Waals surface area contributed by atoms with E-state index in [9.17, 15) is 25.2 Å². The maximum absolute atomic E-state index is 11.6. The highest BCUT2D eigenvalue weighted by Crippen LogP contribution is 2.34. The van der Waals surface area contributed by atoms with Gasteiger partial charge in [-0.1, -0.05) is 6.58 Å². The van der Waals surface area contributed by atoms with Gasteiger partial charge in [0.1, 0.15) is 18.0 Å². The van der Waals surface area contributed by atoms with E-state index in [1.165, 1.54) is 19.1 Å². The van der Waals surface area contributed by atoms with Gasteiger partial charge in [0.25, 0.3) is 0 Å². The average Bonchev–Trinajstić information content (AvgIpc) is 2.71. The zero-order chi connectivity index (χ0) is 21.6. The van der Waals surface area contributed by atoms with E-state index in [2.05, 4.69) is 16.8 Å². The minimum absolute atomic E-state index is 0.143. The van der Waals surface area contributed by atoms with Crippen LogP contribution in [0.1, 0.15) is 34.7 Å². The Bertz CT molecular complexity index is 927. The third-order valence-corrected chi connectivity index (χ3v) is 4.21. The van der Waals surface area contributed by atoms with Crippen LogP contribution >= 0.6 is 0 Å². The van der Waals surface area contributed by atoms with Crippen LogP contribution in [0.3, 0.4) is 0 Å². The first-order chi connectivity index (χ1) is 13.8. The minimum Gasteiger partial charge on any atom is -0.505 e. The molecule has 0 spiro atoms. The molecule has 2 aromatic carbocycles. The number of aromatic hydroxyl groups is 1. The number of aliphatic hydroxyl groups is 3. The Kier molecular flexibility index (Phi) is 7.60. The molecule has 8 nitrogen and oxygen atoms in total. The van der Waals surface area contributed by atoms with E-state index in [-0.39, 0.29) is 43.4 Å². The van der Waals surface area contributed by atoms with Crippen molar-refractivity contribution in [3.63, 3.8) is 0 Å². The van der Waals surface area contributed by atoms with Gasteiger partial charge in [0, 0.05) is 11.1 Å². The van der Waals surface area contributed by atoms with Crippen LogP contribution in [0.15, 0.2) is 46.6 Å². The first-order valence-corrected chi connectivity index (χ1v) is 8.84. The fourth-order valence-electron chi connectivity index (χ4n) is 2.72. The summed E-state index contributed by atoms with van der Waals surface area (Å²) in [4.78, 5) is 11.6. The molecule has 2 aromatic rings. The highest BCUT2D eigenvalue weighted by molar-refractivity contribution is 5.86. The molecular formula is C21H24N2O6. The summed E-state index contributed by atoms with van der Waals surface area (Å²) in [5.74, 6) is -0.739. The number of esters is 1. The maximum Gasteiger partial charge on any atom is 0.333 e. The lowest BCUT2D eigenvalue weighted by atomic mass is 10.0. The molecular weight excluding hydrogens is 376 g/mol. The molecule has 0 bridgehead atoms. The third-order valence-electron chi connectivity index (χ3n) is 4.21. The smallest absolute Gasteiger partial charge is 0.333 e. The van der Waals surface area contributed by atoms with Crippen LogP contribution < -0.4 is 0 Å². The lowest BCUT2D eigenvalue weighted by Gasteiger charge is -2.11. The van der Waals surface area contributed by atoms with Crippen LogP contribution in [0.4, 0.5) is 11.4 Å². The van der Waals surface area contributed by atoms with Crippen LogP contribution in [-0.4, -0.2) is 26.4 Å². The molecule has 0 aliphatic rings. The van der Waals surface area contributed by atoms with Crippen LogP contribution in [0.2, 0.25) is 0 Å². The van der Waals surface area contributed by atoms with Gasteiger partial charge < -0.3 is 25.2 Å². The SMILES string of the molecule is C=C(C)C(=O)OCc1cc(C)cc(N=Nc2cc(CO)c(CO)c(CO)c2)c1O. The van der Waals surface area contributed by atoms with Crippen LogP contribution in [0, 0.1) is 6.92 Å². The lowest BCUT2D eigenvalue weighted by Crippen LogP contribution is -2.05. The van der Waals surface area contributed by atoms with Crippen molar-refractivity contribution in [3.8, 4) is 5.75 Å². The average molecular weight is 400 g/mol. The molecule has 0 radical (unpaired) electrons. The first kappa shape index (κ1) is 22.2. The number of benzene rings is 2. The predicted octanol–water partition coefficient (Wildman–Crippen LogP) is 3.21. The zero-order valence-electron chi connectivity index (χ0n) is 16.3. The number of hydrogen-bond acceptors (Lipinski definition) is 8. The van der Waals surface area contributed by atoms with Gasteiger partial charge in [-0.25, -0.2) is 4.79 Å². The lowest BCUT2D eigenvalue weighted by molar-refractivity contribution is -0.140. The van der Waals surface area contributed by atoms with E-state index < -0.39 is 5.97 Å². The number of aryl methyl sites for hydroxylation is 1. The quantitative estimate of drug-likeness (QED) is 0.306. The van der Waals surface area contributed by atoms with Crippen molar-refractivity contribution in [3.05, 3.63) is 64.2 Å². The second kappa shape index (κ2) is 9.92. The van der Waals surface area contributed by atoms with Gasteiger partial charge in [0.15, 0.2) is 0 Å². The summed E-state index contributed by atoms with van der Waals surface area (Å²) in [6.45, 7) is 5.70. The van der Waals surface area contributed by atoms with E-state index in [4.69, 9.17) is 4.74 Å². The van der Waals surface area contributed by atoms with E-state index in [1.54, 1.807) is 19.1 Å². The van der Waals surface area contributed by atoms with Crippen molar-refractivity contribution >= 4 is 17.3 Å². The summed E-state index contributed by atoms with van der Waals surface area (Å²) in [5, 5.41) is 47.0. The molecule has 0 saturated heterocycles. The van der Waals surface area contributed by atoms with Crippen molar-refractivity contribution in [2.45, 2.75) is 40.3 Å². The molecule has 0 atom stereocenters. The highest BCUT2D eigenvalue weighted by atomic mass is 16.5. The van der Waals surface area contributed by atoms with Gasteiger partial charge in [-0.3, -0.25) is 0 Å². The number of azo groups is 1. The topological polar surface area (TPSA) is 132 Å². The van der Waals surface area contributed by atoms with Crippen LogP contribution in [0.25, 0.3) is 0 Å². The van der Waals surface area contributed by atoms with Crippen LogP contribution in [0.5, 0.6) is 5.75 Å². The van der Waals surface area contributed by atoms with Gasteiger partial charge in [-0.2, -0.15) is 5.11 Å². The summed E-state index contributed by atoms with van der Waals surface area (Å²) in [7, 11) is 0. The number of rotatable bonds is 8. The molecule has 0 amide bonds. The first-order valence-electron chi connectivity index (χ1n) is 8.84. The molecule has 2 rings (SSSR count). The molecule has 154 valence electrons. The van der Waals surface area contributed by atoms with Crippen molar-refractivity contribution in [1.29, 1.82) is 0 Å². The fraction of sp³-hybridized carbons (Fsp3) is 0.286. The standard InChI is InChI=1S/C21H24N2O6/c1-12(2)21(28)29-11-16-4-13(3)5-19(20(16)27)23-22-17-6-14(8-24)18(10-26)15(7-17)9-25/h4-7,24-27H,1,8-11H2,2-3H3. The van der Waals surface area contributed by atoms with E-state index in [0.717, 1.165) is 5.56 Å². The van der Waals surface area contributed by atoms with Gasteiger partial charge in [-0.15, -0.1) is 5.11 Å². The summed E-state index contributed by atoms with van der Waals surface area (Å²) >= 11 is 0. The fourth-order valence-corrected chi connectivity index (χ4v) is 2.72. The number of phenolic OH excluding ortho intramolecular Hbond substituents is 1. The summed E-state index contributed by atoms with van der Waals surface area (Å²) in [6.07, 6.45) is 0. The molecule has 8 heteroatoms. The molecule has 0 fully saturated rings. The van der Waals surface area contributed by atoms with Crippen molar-refractivity contribution in [2.75, 3.05) is 0 Å². The Morgan fingerprint density at radius 2 is 1.62 bits per heavy atom. The number of phenols is 1. The van der Waals surface area contributed by atoms with Gasteiger partial charge in [0.2, 0.25) is 0 Å². The summed E-state index contributed by atoms with van der Waals surface area (Å²) in [6, 6.07) is 6.36. The van der Waals surface area contributed by atoms with Crippen molar-refractivity contribution in [1.82, 2.24) is 0 Å². The highest BCUT2D eigenvalue weighted by Gasteiger charge is 2.13. The molecule has 0 saturated carbocycles. The Morgan fingerprint density at radius 1 is 1.00 bits per heavy atom. The molecule has 0 heterocycles. The van der Waals surface area contributed by atoms with E-state index in [1.807, 2.05) is 0 Å². The molecule has 0 unspecified atom stereocenters. The second-order valence-corrected chi connectivity index (χ2v) is 6.57. The van der Waals surface area contributed by atoms with Gasteiger partial charge in [-0.05, 0) is 60.4 Å². The predicted molar refractivity (Wildman–Crippen MR) is 106 cm³/mol. The molecule has 0 aliphatic heterocycles. The largest absolute Gasteiger partial charge is 0.505 e. The monoisotopic (exact) mass is 400 g/mol. The number of ether oxygens (including phenoxy) is 1. The maximum atomic E-state index is 11.6. The molecule has 0 aromatic heterocycles. The Balaban J connectivity index is 2.35. The zero-order valence-corrected chi connectivity index (χ0v) is 16.3. The van der Waals surface area contributed by atoms with Crippen molar-refractivity contribution < 1.29 is 30.0 Å². The Morgan fingerprint density at radius 3 is 2.14 bits per heavy atom. The van der Waals surface area contributed by atoms with E-state index in [0.29, 0.717) is 27.9 Å².